The highest BCUT2D eigenvalue weighted by Crippen LogP contribution is 2.32. The van der Waals surface area contributed by atoms with Crippen LogP contribution in [0.1, 0.15) is 29.1 Å². The molecule has 1 aliphatic carbocycles. The smallest absolute Gasteiger partial charge is 0.416 e. The number of hydrogen-bond donors (Lipinski definition) is 2. The molecule has 1 saturated carbocycles. The molecule has 0 aliphatic heterocycles. The molecule has 0 unspecified atom stereocenters. The van der Waals surface area contributed by atoms with Crippen molar-refractivity contribution in [3.63, 3.8) is 0 Å². The Bertz CT molecular complexity index is 945. The Hall–Kier alpha value is -3.11. The molecular weight excluding hydrogens is 343 g/mol. The summed E-state index contributed by atoms with van der Waals surface area (Å²) in [5.41, 5.74) is -0.676. The topological polar surface area (TPSA) is 106 Å². The number of aromatic nitrogens is 3. The number of anilines is 2. The van der Waals surface area contributed by atoms with Gasteiger partial charge in [0.25, 0.3) is 0 Å². The number of carbonyl (C=O) groups excluding carboxylic acids is 1. The number of benzene rings is 1. The molecular formula is C14H10F3N5O3. The maximum Gasteiger partial charge on any atom is 0.416 e. The summed E-state index contributed by atoms with van der Waals surface area (Å²) in [5.74, 6) is -0.722. The monoisotopic (exact) mass is 353 g/mol. The fraction of sp³-hybridized carbons (Fsp3) is 0.286. The van der Waals surface area contributed by atoms with Crippen LogP contribution in [0.25, 0.3) is 11.1 Å². The molecule has 0 radical (unpaired) electrons. The van der Waals surface area contributed by atoms with Gasteiger partial charge in [-0.1, -0.05) is 5.10 Å². The Morgan fingerprint density at radius 1 is 1.16 bits per heavy atom. The minimum absolute atomic E-state index is 0.0523. The van der Waals surface area contributed by atoms with Gasteiger partial charge in [0.2, 0.25) is 0 Å². The van der Waals surface area contributed by atoms with Gasteiger partial charge in [-0.15, -0.1) is 5.10 Å². The second-order valence-corrected chi connectivity index (χ2v) is 5.48. The summed E-state index contributed by atoms with van der Waals surface area (Å²) in [6.07, 6.45) is -2.66. The van der Waals surface area contributed by atoms with E-state index < -0.39 is 17.6 Å². The van der Waals surface area contributed by atoms with Crippen molar-refractivity contribution in [3.05, 3.63) is 29.7 Å². The predicted octanol–water partition coefficient (Wildman–Crippen LogP) is 2.87. The number of amides is 1. The normalized spacial score (nSPS) is 14.7. The van der Waals surface area contributed by atoms with Crippen molar-refractivity contribution in [2.24, 2.45) is 0 Å². The summed E-state index contributed by atoms with van der Waals surface area (Å²) in [5, 5.41) is 12.4. The quantitative estimate of drug-likeness (QED) is 0.743. The molecule has 2 heterocycles. The first-order chi connectivity index (χ1) is 11.9. The van der Waals surface area contributed by atoms with E-state index in [-0.39, 0.29) is 35.1 Å². The molecule has 2 N–H and O–H groups in total. The molecule has 0 atom stereocenters. The van der Waals surface area contributed by atoms with E-state index in [2.05, 4.69) is 25.8 Å². The van der Waals surface area contributed by atoms with Crippen LogP contribution in [0.4, 0.5) is 25.2 Å². The minimum Gasteiger partial charge on any atom is -0.423 e. The molecule has 130 valence electrons. The van der Waals surface area contributed by atoms with Crippen molar-refractivity contribution in [3.8, 4) is 0 Å². The highest BCUT2D eigenvalue weighted by atomic mass is 19.4. The number of carbonyl (C=O) groups is 1. The predicted molar refractivity (Wildman–Crippen MR) is 77.1 cm³/mol. The average molecular weight is 353 g/mol. The van der Waals surface area contributed by atoms with Gasteiger partial charge >= 0.3 is 30.0 Å². The van der Waals surface area contributed by atoms with E-state index >= 15 is 0 Å². The molecule has 0 saturated heterocycles. The average Bonchev–Trinajstić information content (AvgIpc) is 3.08. The molecule has 1 aliphatic rings. The van der Waals surface area contributed by atoms with Crippen LogP contribution in [0.15, 0.2) is 27.0 Å². The highest BCUT2D eigenvalue weighted by Gasteiger charge is 2.31. The van der Waals surface area contributed by atoms with E-state index in [1.165, 1.54) is 6.07 Å². The van der Waals surface area contributed by atoms with Crippen LogP contribution in [0, 0.1) is 0 Å². The second kappa shape index (κ2) is 5.46. The zero-order chi connectivity index (χ0) is 17.6. The number of alkyl halides is 3. The molecule has 1 fully saturated rings. The zero-order valence-electron chi connectivity index (χ0n) is 12.4. The molecule has 0 spiro atoms. The largest absolute Gasteiger partial charge is 0.423 e. The van der Waals surface area contributed by atoms with E-state index in [1.54, 1.807) is 0 Å². The summed E-state index contributed by atoms with van der Waals surface area (Å²) >= 11 is 0. The van der Waals surface area contributed by atoms with Crippen LogP contribution in [-0.2, 0) is 6.18 Å². The highest BCUT2D eigenvalue weighted by molar-refractivity contribution is 5.90. The van der Waals surface area contributed by atoms with Gasteiger partial charge in [-0.2, -0.15) is 18.2 Å². The number of nitrogens with one attached hydrogen (secondary N) is 2. The first kappa shape index (κ1) is 15.4. The number of oxazole rings is 1. The SMILES string of the molecule is O=C(NC1CC1)c1nnc(Nc2nc3ccc(C(F)(F)F)cc3o2)o1. The van der Waals surface area contributed by atoms with E-state index in [9.17, 15) is 18.0 Å². The number of rotatable bonds is 4. The van der Waals surface area contributed by atoms with Gasteiger partial charge in [-0.25, -0.2) is 0 Å². The third kappa shape index (κ3) is 3.25. The van der Waals surface area contributed by atoms with Gasteiger partial charge in [0, 0.05) is 6.04 Å². The van der Waals surface area contributed by atoms with Crippen LogP contribution >= 0.6 is 0 Å². The lowest BCUT2D eigenvalue weighted by atomic mass is 10.2. The number of halogens is 3. The number of nitrogens with zero attached hydrogens (tertiary/aromatic N) is 3. The molecule has 0 bridgehead atoms. The molecule has 25 heavy (non-hydrogen) atoms. The van der Waals surface area contributed by atoms with Crippen LogP contribution in [-0.4, -0.2) is 27.1 Å². The van der Waals surface area contributed by atoms with Crippen LogP contribution in [0.3, 0.4) is 0 Å². The lowest BCUT2D eigenvalue weighted by molar-refractivity contribution is -0.137. The minimum atomic E-state index is -4.48. The first-order valence-corrected chi connectivity index (χ1v) is 7.28. The fourth-order valence-electron chi connectivity index (χ4n) is 2.09. The number of fused-ring (bicyclic) bond motifs is 1. The van der Waals surface area contributed by atoms with Crippen molar-refractivity contribution in [2.75, 3.05) is 5.32 Å². The van der Waals surface area contributed by atoms with Gasteiger partial charge in [0.1, 0.15) is 5.52 Å². The standard InChI is InChI=1S/C14H10F3N5O3/c15-14(16,17)6-1-4-8-9(5-6)24-12(19-8)20-13-22-21-11(25-13)10(23)18-7-2-3-7/h1,4-5,7H,2-3H2,(H,18,23)(H,19,20,22). The third-order valence-electron chi connectivity index (χ3n) is 3.46. The van der Waals surface area contributed by atoms with Gasteiger partial charge in [-0.05, 0) is 31.0 Å². The second-order valence-electron chi connectivity index (χ2n) is 5.48. The summed E-state index contributed by atoms with van der Waals surface area (Å²) in [4.78, 5) is 15.7. The molecule has 3 aromatic rings. The van der Waals surface area contributed by atoms with Crippen LogP contribution in [0.5, 0.6) is 0 Å². The van der Waals surface area contributed by atoms with Gasteiger partial charge in [-0.3, -0.25) is 10.1 Å². The van der Waals surface area contributed by atoms with E-state index in [4.69, 9.17) is 8.83 Å². The van der Waals surface area contributed by atoms with E-state index in [1.807, 2.05) is 0 Å². The Morgan fingerprint density at radius 3 is 2.68 bits per heavy atom. The summed E-state index contributed by atoms with van der Waals surface area (Å²) in [6, 6.07) is 2.78. The van der Waals surface area contributed by atoms with E-state index in [0.29, 0.717) is 0 Å². The zero-order valence-corrected chi connectivity index (χ0v) is 12.4. The van der Waals surface area contributed by atoms with Crippen molar-refractivity contribution >= 4 is 29.0 Å². The van der Waals surface area contributed by atoms with Crippen LogP contribution in [0.2, 0.25) is 0 Å². The number of hydrogen-bond acceptors (Lipinski definition) is 7. The lowest BCUT2D eigenvalue weighted by Gasteiger charge is -2.04. The van der Waals surface area contributed by atoms with E-state index in [0.717, 1.165) is 25.0 Å². The molecule has 11 heteroatoms. The molecule has 2 aromatic heterocycles. The fourth-order valence-corrected chi connectivity index (χ4v) is 2.09. The van der Waals surface area contributed by atoms with Gasteiger partial charge in [0.05, 0.1) is 5.56 Å². The Labute approximate surface area is 137 Å². The summed E-state index contributed by atoms with van der Waals surface area (Å²) in [6.45, 7) is 0. The molecule has 8 nitrogen and oxygen atoms in total. The Morgan fingerprint density at radius 2 is 1.96 bits per heavy atom. The van der Waals surface area contributed by atoms with Crippen LogP contribution < -0.4 is 10.6 Å². The Kier molecular flexibility index (Phi) is 3.37. The first-order valence-electron chi connectivity index (χ1n) is 7.28. The maximum atomic E-state index is 12.7. The van der Waals surface area contributed by atoms with Crippen molar-refractivity contribution < 1.29 is 26.8 Å². The van der Waals surface area contributed by atoms with Gasteiger partial charge in [0.15, 0.2) is 5.58 Å². The Balaban J connectivity index is 1.52. The molecule has 1 aromatic carbocycles. The third-order valence-corrected chi connectivity index (χ3v) is 3.46. The van der Waals surface area contributed by atoms with Gasteiger partial charge < -0.3 is 14.2 Å². The van der Waals surface area contributed by atoms with Crippen molar-refractivity contribution in [1.82, 2.24) is 20.5 Å². The maximum absolute atomic E-state index is 12.7. The lowest BCUT2D eigenvalue weighted by Crippen LogP contribution is -2.25. The summed E-state index contributed by atoms with van der Waals surface area (Å²) in [7, 11) is 0. The van der Waals surface area contributed by atoms with Crippen molar-refractivity contribution in [1.29, 1.82) is 0 Å². The molecule has 4 rings (SSSR count). The molecule has 1 amide bonds. The summed E-state index contributed by atoms with van der Waals surface area (Å²) < 4.78 is 48.4. The van der Waals surface area contributed by atoms with Crippen molar-refractivity contribution in [2.45, 2.75) is 25.1 Å².